The van der Waals surface area contributed by atoms with Crippen LogP contribution in [-0.2, 0) is 16.1 Å². The summed E-state index contributed by atoms with van der Waals surface area (Å²) in [5, 5.41) is 2.77. The van der Waals surface area contributed by atoms with Gasteiger partial charge in [0.1, 0.15) is 12.4 Å². The Bertz CT molecular complexity index is 355. The highest BCUT2D eigenvalue weighted by Gasteiger charge is 2.05. The second-order valence-electron chi connectivity index (χ2n) is 4.43. The maximum Gasteiger partial charge on any atom is 0.246 e. The van der Waals surface area contributed by atoms with E-state index in [1.54, 1.807) is 0 Å². The molecule has 2 N–H and O–H groups in total. The summed E-state index contributed by atoms with van der Waals surface area (Å²) >= 11 is 0. The van der Waals surface area contributed by atoms with E-state index >= 15 is 0 Å². The molecule has 5 heteroatoms. The van der Waals surface area contributed by atoms with Gasteiger partial charge in [0.05, 0.1) is 12.2 Å². The molecule has 102 valence electrons. The van der Waals surface area contributed by atoms with Gasteiger partial charge in [0.2, 0.25) is 5.91 Å². The molecule has 0 unspecified atom stereocenters. The van der Waals surface area contributed by atoms with Crippen LogP contribution in [-0.4, -0.2) is 29.1 Å². The summed E-state index contributed by atoms with van der Waals surface area (Å²) in [6.45, 7) is 7.24. The molecule has 1 aromatic heterocycles. The number of amides is 1. The van der Waals surface area contributed by atoms with Crippen LogP contribution in [0.3, 0.4) is 0 Å². The lowest BCUT2D eigenvalue weighted by molar-refractivity contribution is -0.125. The largest absolute Gasteiger partial charge is 0.372 e. The Morgan fingerprint density at radius 3 is 2.78 bits per heavy atom. The smallest absolute Gasteiger partial charge is 0.246 e. The summed E-state index contributed by atoms with van der Waals surface area (Å²) < 4.78 is 5.27. The first-order valence-electron chi connectivity index (χ1n) is 6.50. The summed E-state index contributed by atoms with van der Waals surface area (Å²) in [7, 11) is 0. The SMILES string of the molecule is CCCCCOCC(=O)NCc1nc(C)c(C)[nH]1. The Kier molecular flexibility index (Phi) is 6.43. The predicted molar refractivity (Wildman–Crippen MR) is 70.3 cm³/mol. The molecule has 0 saturated heterocycles. The number of hydrogen-bond donors (Lipinski definition) is 2. The summed E-state index contributed by atoms with van der Waals surface area (Å²) in [6, 6.07) is 0. The molecule has 0 bridgehead atoms. The fourth-order valence-electron chi connectivity index (χ4n) is 1.56. The highest BCUT2D eigenvalue weighted by Crippen LogP contribution is 2.02. The number of carbonyl (C=O) groups is 1. The molecule has 0 saturated carbocycles. The molecule has 0 fully saturated rings. The zero-order chi connectivity index (χ0) is 13.4. The monoisotopic (exact) mass is 253 g/mol. The number of unbranched alkanes of at least 4 members (excludes halogenated alkanes) is 2. The van der Waals surface area contributed by atoms with E-state index in [0.29, 0.717) is 13.2 Å². The molecule has 0 radical (unpaired) electrons. The first-order valence-corrected chi connectivity index (χ1v) is 6.50. The van der Waals surface area contributed by atoms with Gasteiger partial charge in [-0.1, -0.05) is 19.8 Å². The zero-order valence-corrected chi connectivity index (χ0v) is 11.5. The first kappa shape index (κ1) is 14.7. The van der Waals surface area contributed by atoms with Crippen LogP contribution in [0.25, 0.3) is 0 Å². The van der Waals surface area contributed by atoms with E-state index in [0.717, 1.165) is 36.5 Å². The van der Waals surface area contributed by atoms with Crippen molar-refractivity contribution in [3.8, 4) is 0 Å². The van der Waals surface area contributed by atoms with Crippen LogP contribution >= 0.6 is 0 Å². The summed E-state index contributed by atoms with van der Waals surface area (Å²) in [6.07, 6.45) is 3.32. The standard InChI is InChI=1S/C13H23N3O2/c1-4-5-6-7-18-9-13(17)14-8-12-15-10(2)11(3)16-12/h4-9H2,1-3H3,(H,14,17)(H,15,16). The Hall–Kier alpha value is -1.36. The van der Waals surface area contributed by atoms with Crippen molar-refractivity contribution in [3.05, 3.63) is 17.2 Å². The average Bonchev–Trinajstić information content (AvgIpc) is 2.66. The Morgan fingerprint density at radius 1 is 1.39 bits per heavy atom. The quantitative estimate of drug-likeness (QED) is 0.695. The number of ether oxygens (including phenoxy) is 1. The molecule has 0 atom stereocenters. The third kappa shape index (κ3) is 5.31. The van der Waals surface area contributed by atoms with Gasteiger partial charge in [0.15, 0.2) is 0 Å². The van der Waals surface area contributed by atoms with Gasteiger partial charge < -0.3 is 15.0 Å². The number of aromatic nitrogens is 2. The van der Waals surface area contributed by atoms with Gasteiger partial charge in [-0.15, -0.1) is 0 Å². The molecule has 0 aromatic carbocycles. The molecule has 1 heterocycles. The molecular weight excluding hydrogens is 230 g/mol. The van der Waals surface area contributed by atoms with Crippen LogP contribution in [0.15, 0.2) is 0 Å². The number of H-pyrrole nitrogens is 1. The van der Waals surface area contributed by atoms with Crippen molar-refractivity contribution < 1.29 is 9.53 Å². The topological polar surface area (TPSA) is 67.0 Å². The number of nitrogens with one attached hydrogen (secondary N) is 2. The van der Waals surface area contributed by atoms with E-state index in [1.807, 2.05) is 13.8 Å². The van der Waals surface area contributed by atoms with Crippen LogP contribution in [0.1, 0.15) is 43.4 Å². The third-order valence-corrected chi connectivity index (χ3v) is 2.76. The van der Waals surface area contributed by atoms with Crippen molar-refractivity contribution in [2.45, 2.75) is 46.6 Å². The average molecular weight is 253 g/mol. The van der Waals surface area contributed by atoms with E-state index in [9.17, 15) is 4.79 Å². The summed E-state index contributed by atoms with van der Waals surface area (Å²) in [5.41, 5.74) is 2.00. The molecule has 0 spiro atoms. The Morgan fingerprint density at radius 2 is 2.17 bits per heavy atom. The molecule has 0 aliphatic rings. The van der Waals surface area contributed by atoms with Gasteiger partial charge in [0.25, 0.3) is 0 Å². The lowest BCUT2D eigenvalue weighted by Gasteiger charge is -2.04. The highest BCUT2D eigenvalue weighted by atomic mass is 16.5. The van der Waals surface area contributed by atoms with Gasteiger partial charge >= 0.3 is 0 Å². The van der Waals surface area contributed by atoms with Crippen molar-refractivity contribution in [3.63, 3.8) is 0 Å². The number of hydrogen-bond acceptors (Lipinski definition) is 3. The van der Waals surface area contributed by atoms with Crippen molar-refractivity contribution in [2.75, 3.05) is 13.2 Å². The van der Waals surface area contributed by atoms with Crippen LogP contribution in [0.5, 0.6) is 0 Å². The Balaban J connectivity index is 2.13. The number of nitrogens with zero attached hydrogens (tertiary/aromatic N) is 1. The molecule has 0 aliphatic carbocycles. The number of aryl methyl sites for hydroxylation is 2. The zero-order valence-electron chi connectivity index (χ0n) is 11.5. The summed E-state index contributed by atoms with van der Waals surface area (Å²) in [5.74, 6) is 0.683. The molecule has 5 nitrogen and oxygen atoms in total. The Labute approximate surface area is 108 Å². The van der Waals surface area contributed by atoms with Crippen molar-refractivity contribution >= 4 is 5.91 Å². The van der Waals surface area contributed by atoms with Gasteiger partial charge in [-0.3, -0.25) is 4.79 Å². The van der Waals surface area contributed by atoms with E-state index in [-0.39, 0.29) is 12.5 Å². The maximum absolute atomic E-state index is 11.5. The minimum Gasteiger partial charge on any atom is -0.372 e. The van der Waals surface area contributed by atoms with E-state index in [1.165, 1.54) is 0 Å². The minimum atomic E-state index is -0.0989. The van der Waals surface area contributed by atoms with Crippen LogP contribution < -0.4 is 5.32 Å². The van der Waals surface area contributed by atoms with Gasteiger partial charge in [-0.2, -0.15) is 0 Å². The number of rotatable bonds is 8. The fourth-order valence-corrected chi connectivity index (χ4v) is 1.56. The number of carbonyl (C=O) groups excluding carboxylic acids is 1. The van der Waals surface area contributed by atoms with E-state index in [4.69, 9.17) is 4.74 Å². The molecule has 1 rings (SSSR count). The van der Waals surface area contributed by atoms with E-state index in [2.05, 4.69) is 22.2 Å². The van der Waals surface area contributed by atoms with Crippen molar-refractivity contribution in [1.29, 1.82) is 0 Å². The third-order valence-electron chi connectivity index (χ3n) is 2.76. The van der Waals surface area contributed by atoms with E-state index < -0.39 is 0 Å². The van der Waals surface area contributed by atoms with Crippen molar-refractivity contribution in [1.82, 2.24) is 15.3 Å². The minimum absolute atomic E-state index is 0.0989. The second-order valence-corrected chi connectivity index (χ2v) is 4.43. The van der Waals surface area contributed by atoms with Gasteiger partial charge in [-0.05, 0) is 20.3 Å². The van der Waals surface area contributed by atoms with Crippen molar-refractivity contribution in [2.24, 2.45) is 0 Å². The maximum atomic E-state index is 11.5. The molecule has 18 heavy (non-hydrogen) atoms. The van der Waals surface area contributed by atoms with Gasteiger partial charge in [0, 0.05) is 12.3 Å². The highest BCUT2D eigenvalue weighted by molar-refractivity contribution is 5.77. The van der Waals surface area contributed by atoms with Crippen LogP contribution in [0.2, 0.25) is 0 Å². The lowest BCUT2D eigenvalue weighted by atomic mass is 10.3. The number of imidazole rings is 1. The molecule has 0 aliphatic heterocycles. The molecule has 1 aromatic rings. The normalized spacial score (nSPS) is 10.6. The van der Waals surface area contributed by atoms with Crippen LogP contribution in [0, 0.1) is 13.8 Å². The van der Waals surface area contributed by atoms with Crippen LogP contribution in [0.4, 0.5) is 0 Å². The summed E-state index contributed by atoms with van der Waals surface area (Å²) in [4.78, 5) is 18.9. The predicted octanol–water partition coefficient (Wildman–Crippen LogP) is 1.85. The molecular formula is C13H23N3O2. The fraction of sp³-hybridized carbons (Fsp3) is 0.692. The van der Waals surface area contributed by atoms with Gasteiger partial charge in [-0.25, -0.2) is 4.98 Å². The second kappa shape index (κ2) is 7.87. The number of aromatic amines is 1. The first-order chi connectivity index (χ1) is 8.63. The lowest BCUT2D eigenvalue weighted by Crippen LogP contribution is -2.27. The molecule has 1 amide bonds.